The minimum absolute atomic E-state index is 0.0516. The number of rotatable bonds is 4. The van der Waals surface area contributed by atoms with Gasteiger partial charge in [0.1, 0.15) is 12.2 Å². The molecule has 1 fully saturated rings. The molecule has 2 rings (SSSR count). The second-order valence-corrected chi connectivity index (χ2v) is 6.60. The molecule has 1 aliphatic heterocycles. The van der Waals surface area contributed by atoms with E-state index in [0.29, 0.717) is 12.3 Å². The highest BCUT2D eigenvalue weighted by Gasteiger charge is 2.24. The Labute approximate surface area is 101 Å². The Kier molecular flexibility index (Phi) is 3.78. The molecule has 1 aromatic rings. The average Bonchev–Trinajstić information content (AvgIpc) is 2.72. The Morgan fingerprint density at radius 1 is 1.59 bits per heavy atom. The van der Waals surface area contributed by atoms with Crippen molar-refractivity contribution in [1.82, 2.24) is 20.1 Å². The van der Waals surface area contributed by atoms with Crippen LogP contribution in [-0.2, 0) is 22.9 Å². The number of hydrogen-bond donors (Lipinski definition) is 1. The van der Waals surface area contributed by atoms with E-state index in [0.717, 1.165) is 25.2 Å². The summed E-state index contributed by atoms with van der Waals surface area (Å²) in [4.78, 5) is 0. The molecular weight excluding hydrogens is 240 g/mol. The lowest BCUT2D eigenvalue weighted by atomic mass is 10.2. The number of aryl methyl sites for hydroxylation is 1. The van der Waals surface area contributed by atoms with Gasteiger partial charge < -0.3 is 9.88 Å². The normalized spacial score (nSPS) is 23.7. The fourth-order valence-corrected chi connectivity index (χ4v) is 3.77. The van der Waals surface area contributed by atoms with Crippen molar-refractivity contribution < 1.29 is 8.42 Å². The highest BCUT2D eigenvalue weighted by Crippen LogP contribution is 2.12. The standard InChI is InChI=1S/C10H18N4O2S/c1-2-14-8-12-13-10(14)6-11-9-4-3-5-17(15,16)7-9/h8-9,11H,2-7H2,1H3. The summed E-state index contributed by atoms with van der Waals surface area (Å²) in [6.45, 7) is 3.43. The van der Waals surface area contributed by atoms with Crippen LogP contribution >= 0.6 is 0 Å². The highest BCUT2D eigenvalue weighted by molar-refractivity contribution is 7.91. The molecular formula is C10H18N4O2S. The van der Waals surface area contributed by atoms with Crippen molar-refractivity contribution in [2.75, 3.05) is 11.5 Å². The Hall–Kier alpha value is -0.950. The van der Waals surface area contributed by atoms with Crippen molar-refractivity contribution in [3.63, 3.8) is 0 Å². The largest absolute Gasteiger partial charge is 0.317 e. The molecule has 0 aliphatic carbocycles. The third-order valence-corrected chi connectivity index (χ3v) is 4.87. The van der Waals surface area contributed by atoms with E-state index in [2.05, 4.69) is 15.5 Å². The van der Waals surface area contributed by atoms with Crippen molar-refractivity contribution in [1.29, 1.82) is 0 Å². The SMILES string of the molecule is CCn1cnnc1CNC1CCCS(=O)(=O)C1. The number of nitrogens with zero attached hydrogens (tertiary/aromatic N) is 3. The molecule has 17 heavy (non-hydrogen) atoms. The fourth-order valence-electron chi connectivity index (χ4n) is 2.10. The zero-order chi connectivity index (χ0) is 12.3. The molecule has 0 radical (unpaired) electrons. The van der Waals surface area contributed by atoms with Crippen LogP contribution in [0.5, 0.6) is 0 Å². The Bertz CT molecular complexity index is 468. The Balaban J connectivity index is 1.90. The summed E-state index contributed by atoms with van der Waals surface area (Å²) in [6.07, 6.45) is 3.36. The molecule has 1 aliphatic rings. The van der Waals surface area contributed by atoms with Crippen LogP contribution in [0, 0.1) is 0 Å². The van der Waals surface area contributed by atoms with Crippen LogP contribution in [-0.4, -0.2) is 40.7 Å². The molecule has 1 atom stereocenters. The van der Waals surface area contributed by atoms with Gasteiger partial charge in [0, 0.05) is 12.6 Å². The summed E-state index contributed by atoms with van der Waals surface area (Å²) in [6, 6.07) is 0.0516. The van der Waals surface area contributed by atoms with E-state index in [1.54, 1.807) is 6.33 Å². The van der Waals surface area contributed by atoms with Crippen LogP contribution in [0.3, 0.4) is 0 Å². The zero-order valence-corrected chi connectivity index (χ0v) is 10.8. The van der Waals surface area contributed by atoms with E-state index in [4.69, 9.17) is 0 Å². The number of nitrogens with one attached hydrogen (secondary N) is 1. The maximum atomic E-state index is 11.5. The van der Waals surface area contributed by atoms with E-state index in [-0.39, 0.29) is 11.8 Å². The van der Waals surface area contributed by atoms with Gasteiger partial charge in [-0.05, 0) is 19.8 Å². The Morgan fingerprint density at radius 2 is 2.41 bits per heavy atom. The summed E-state index contributed by atoms with van der Waals surface area (Å²) >= 11 is 0. The molecule has 0 spiro atoms. The molecule has 0 bridgehead atoms. The molecule has 1 saturated heterocycles. The number of sulfone groups is 1. The first-order valence-corrected chi connectivity index (χ1v) is 7.73. The van der Waals surface area contributed by atoms with Gasteiger partial charge in [-0.15, -0.1) is 10.2 Å². The monoisotopic (exact) mass is 258 g/mol. The van der Waals surface area contributed by atoms with Gasteiger partial charge in [0.25, 0.3) is 0 Å². The molecule has 0 aromatic carbocycles. The molecule has 1 unspecified atom stereocenters. The second kappa shape index (κ2) is 5.14. The molecule has 6 nitrogen and oxygen atoms in total. The summed E-state index contributed by atoms with van der Waals surface area (Å²) in [5.41, 5.74) is 0. The van der Waals surface area contributed by atoms with Crippen LogP contribution in [0.1, 0.15) is 25.6 Å². The molecule has 1 N–H and O–H groups in total. The number of hydrogen-bond acceptors (Lipinski definition) is 5. The van der Waals surface area contributed by atoms with E-state index in [1.807, 2.05) is 11.5 Å². The van der Waals surface area contributed by atoms with Crippen LogP contribution in [0.4, 0.5) is 0 Å². The van der Waals surface area contributed by atoms with Crippen molar-refractivity contribution in [2.45, 2.75) is 38.9 Å². The zero-order valence-electron chi connectivity index (χ0n) is 9.96. The van der Waals surface area contributed by atoms with Gasteiger partial charge >= 0.3 is 0 Å². The van der Waals surface area contributed by atoms with Crippen molar-refractivity contribution in [2.24, 2.45) is 0 Å². The minimum atomic E-state index is -2.84. The third-order valence-electron chi connectivity index (χ3n) is 3.05. The summed E-state index contributed by atoms with van der Waals surface area (Å²) in [5, 5.41) is 11.1. The predicted octanol–water partition coefficient (Wildman–Crippen LogP) is -0.0352. The highest BCUT2D eigenvalue weighted by atomic mass is 32.2. The van der Waals surface area contributed by atoms with Crippen molar-refractivity contribution >= 4 is 9.84 Å². The van der Waals surface area contributed by atoms with Gasteiger partial charge in [0.05, 0.1) is 18.1 Å². The maximum Gasteiger partial charge on any atom is 0.151 e. The molecule has 0 saturated carbocycles. The van der Waals surface area contributed by atoms with Crippen LogP contribution in [0.25, 0.3) is 0 Å². The van der Waals surface area contributed by atoms with E-state index < -0.39 is 9.84 Å². The van der Waals surface area contributed by atoms with Gasteiger partial charge in [-0.1, -0.05) is 0 Å². The third kappa shape index (κ3) is 3.26. The smallest absolute Gasteiger partial charge is 0.151 e. The van der Waals surface area contributed by atoms with Gasteiger partial charge in [-0.2, -0.15) is 0 Å². The fraction of sp³-hybridized carbons (Fsp3) is 0.800. The first-order valence-electron chi connectivity index (χ1n) is 5.91. The first-order chi connectivity index (χ1) is 8.11. The predicted molar refractivity (Wildman–Crippen MR) is 64.2 cm³/mol. The van der Waals surface area contributed by atoms with Gasteiger partial charge in [0.2, 0.25) is 0 Å². The van der Waals surface area contributed by atoms with E-state index >= 15 is 0 Å². The summed E-state index contributed by atoms with van der Waals surface area (Å²) in [7, 11) is -2.84. The van der Waals surface area contributed by atoms with E-state index in [1.165, 1.54) is 0 Å². The van der Waals surface area contributed by atoms with Gasteiger partial charge in [0.15, 0.2) is 9.84 Å². The lowest BCUT2D eigenvalue weighted by molar-refractivity contribution is 0.467. The van der Waals surface area contributed by atoms with Crippen LogP contribution in [0.2, 0.25) is 0 Å². The average molecular weight is 258 g/mol. The summed E-state index contributed by atoms with van der Waals surface area (Å²) < 4.78 is 24.9. The molecule has 2 heterocycles. The van der Waals surface area contributed by atoms with Gasteiger partial charge in [-0.3, -0.25) is 0 Å². The van der Waals surface area contributed by atoms with Crippen LogP contribution in [0.15, 0.2) is 6.33 Å². The number of aromatic nitrogens is 3. The Morgan fingerprint density at radius 3 is 3.12 bits per heavy atom. The molecule has 1 aromatic heterocycles. The molecule has 7 heteroatoms. The van der Waals surface area contributed by atoms with Crippen molar-refractivity contribution in [3.8, 4) is 0 Å². The first kappa shape index (κ1) is 12.5. The van der Waals surface area contributed by atoms with Gasteiger partial charge in [-0.25, -0.2) is 8.42 Å². The topological polar surface area (TPSA) is 76.9 Å². The second-order valence-electron chi connectivity index (χ2n) is 4.37. The minimum Gasteiger partial charge on any atom is -0.317 e. The van der Waals surface area contributed by atoms with E-state index in [9.17, 15) is 8.42 Å². The molecule has 96 valence electrons. The lowest BCUT2D eigenvalue weighted by Gasteiger charge is -2.22. The maximum absolute atomic E-state index is 11.5. The van der Waals surface area contributed by atoms with Crippen LogP contribution < -0.4 is 5.32 Å². The quantitative estimate of drug-likeness (QED) is 0.820. The summed E-state index contributed by atoms with van der Waals surface area (Å²) in [5.74, 6) is 1.43. The lowest BCUT2D eigenvalue weighted by Crippen LogP contribution is -2.40. The van der Waals surface area contributed by atoms with Crippen molar-refractivity contribution in [3.05, 3.63) is 12.2 Å². The molecule has 0 amide bonds.